The molecule has 0 saturated carbocycles. The van der Waals surface area contributed by atoms with Crippen LogP contribution >= 0.6 is 0 Å². The summed E-state index contributed by atoms with van der Waals surface area (Å²) in [5.41, 5.74) is -0.999. The zero-order chi connectivity index (χ0) is 15.2. The van der Waals surface area contributed by atoms with Crippen LogP contribution in [-0.4, -0.2) is 61.4 Å². The second-order valence-electron chi connectivity index (χ2n) is 6.64. The highest BCUT2D eigenvalue weighted by molar-refractivity contribution is 5.85. The third-order valence-electron chi connectivity index (χ3n) is 3.51. The molecule has 0 spiro atoms. The van der Waals surface area contributed by atoms with Crippen LogP contribution in [0.15, 0.2) is 0 Å². The van der Waals surface area contributed by atoms with Gasteiger partial charge in [0.1, 0.15) is 0 Å². The molecule has 2 fully saturated rings. The Bertz CT molecular complexity index is 393. The zero-order valence-corrected chi connectivity index (χ0v) is 13.2. The van der Waals surface area contributed by atoms with Crippen LogP contribution in [0.1, 0.15) is 34.1 Å². The summed E-state index contributed by atoms with van der Waals surface area (Å²) in [4.78, 5) is 14.1. The van der Waals surface area contributed by atoms with Crippen LogP contribution in [0.2, 0.25) is 0 Å². The molecule has 0 aromatic carbocycles. The first kappa shape index (κ1) is 15.7. The molecule has 116 valence electrons. The molecular formula is C14H25NO5. The Labute approximate surface area is 120 Å². The fourth-order valence-electron chi connectivity index (χ4n) is 2.75. The summed E-state index contributed by atoms with van der Waals surface area (Å²) >= 11 is 0. The normalized spacial score (nSPS) is 35.2. The lowest BCUT2D eigenvalue weighted by molar-refractivity contribution is -0.188. The summed E-state index contributed by atoms with van der Waals surface area (Å²) in [6, 6.07) is 0. The van der Waals surface area contributed by atoms with Crippen molar-refractivity contribution in [1.82, 2.24) is 4.90 Å². The predicted octanol–water partition coefficient (Wildman–Crippen LogP) is 1.14. The lowest BCUT2D eigenvalue weighted by atomic mass is 9.95. The van der Waals surface area contributed by atoms with Crippen molar-refractivity contribution in [2.24, 2.45) is 0 Å². The molecule has 2 heterocycles. The van der Waals surface area contributed by atoms with Crippen LogP contribution in [-0.2, 0) is 23.7 Å². The number of rotatable bonds is 3. The van der Waals surface area contributed by atoms with Gasteiger partial charge in [0.15, 0.2) is 17.2 Å². The number of carbonyl (C=O) groups excluding carboxylic acids is 1. The largest absolute Gasteiger partial charge is 0.348 e. The van der Waals surface area contributed by atoms with Gasteiger partial charge in [-0.2, -0.15) is 0 Å². The molecule has 2 rings (SSSR count). The summed E-state index contributed by atoms with van der Waals surface area (Å²) in [6.45, 7) is 8.05. The molecule has 2 saturated heterocycles. The van der Waals surface area contributed by atoms with Crippen LogP contribution in [0.3, 0.4) is 0 Å². The Morgan fingerprint density at radius 3 is 2.20 bits per heavy atom. The molecule has 0 aromatic rings. The van der Waals surface area contributed by atoms with E-state index in [1.165, 1.54) is 4.90 Å². The van der Waals surface area contributed by atoms with Gasteiger partial charge in [-0.25, -0.2) is 0 Å². The second-order valence-corrected chi connectivity index (χ2v) is 6.64. The van der Waals surface area contributed by atoms with E-state index in [0.29, 0.717) is 13.0 Å². The molecule has 6 nitrogen and oxygen atoms in total. The fourth-order valence-corrected chi connectivity index (χ4v) is 2.75. The number of amides is 1. The molecule has 2 atom stereocenters. The van der Waals surface area contributed by atoms with Gasteiger partial charge in [0.2, 0.25) is 0 Å². The van der Waals surface area contributed by atoms with E-state index >= 15 is 0 Å². The van der Waals surface area contributed by atoms with E-state index in [-0.39, 0.29) is 18.6 Å². The predicted molar refractivity (Wildman–Crippen MR) is 72.1 cm³/mol. The molecule has 1 amide bonds. The van der Waals surface area contributed by atoms with Crippen LogP contribution in [0.5, 0.6) is 0 Å². The van der Waals surface area contributed by atoms with E-state index in [0.717, 1.165) is 0 Å². The topological polar surface area (TPSA) is 57.2 Å². The van der Waals surface area contributed by atoms with Crippen molar-refractivity contribution in [3.05, 3.63) is 0 Å². The average molecular weight is 287 g/mol. The third-order valence-corrected chi connectivity index (χ3v) is 3.51. The van der Waals surface area contributed by atoms with Gasteiger partial charge in [-0.05, 0) is 27.7 Å². The van der Waals surface area contributed by atoms with E-state index in [4.69, 9.17) is 18.9 Å². The average Bonchev–Trinajstić information content (AvgIpc) is 2.79. The summed E-state index contributed by atoms with van der Waals surface area (Å²) in [5.74, 6) is -1.47. The molecule has 0 aliphatic carbocycles. The van der Waals surface area contributed by atoms with Gasteiger partial charge in [0.05, 0.1) is 19.3 Å². The number of likely N-dealkylation sites (N-methyl/N-ethyl adjacent to an activating group) is 1. The van der Waals surface area contributed by atoms with Gasteiger partial charge >= 0.3 is 0 Å². The highest BCUT2D eigenvalue weighted by atomic mass is 16.8. The van der Waals surface area contributed by atoms with Crippen molar-refractivity contribution in [2.75, 3.05) is 27.3 Å². The van der Waals surface area contributed by atoms with E-state index in [2.05, 4.69) is 0 Å². The minimum Gasteiger partial charge on any atom is -0.348 e. The maximum Gasteiger partial charge on any atom is 0.256 e. The Morgan fingerprint density at radius 1 is 1.15 bits per heavy atom. The highest BCUT2D eigenvalue weighted by Crippen LogP contribution is 2.38. The summed E-state index contributed by atoms with van der Waals surface area (Å²) < 4.78 is 22.9. The van der Waals surface area contributed by atoms with Crippen molar-refractivity contribution < 1.29 is 23.7 Å². The number of hydrogen-bond donors (Lipinski definition) is 0. The summed E-state index contributed by atoms with van der Waals surface area (Å²) in [7, 11) is 3.43. The molecule has 2 aliphatic heterocycles. The van der Waals surface area contributed by atoms with Crippen molar-refractivity contribution in [3.8, 4) is 0 Å². The van der Waals surface area contributed by atoms with Crippen LogP contribution < -0.4 is 0 Å². The number of nitrogens with zero attached hydrogens (tertiary/aromatic N) is 1. The van der Waals surface area contributed by atoms with Crippen LogP contribution in [0.4, 0.5) is 0 Å². The maximum atomic E-state index is 12.5. The minimum atomic E-state index is -0.999. The Balaban J connectivity index is 2.15. The van der Waals surface area contributed by atoms with Crippen LogP contribution in [0, 0.1) is 0 Å². The second kappa shape index (κ2) is 4.94. The maximum absolute atomic E-state index is 12.5. The summed E-state index contributed by atoms with van der Waals surface area (Å²) in [5, 5.41) is 0. The van der Waals surface area contributed by atoms with Crippen molar-refractivity contribution in [2.45, 2.75) is 57.4 Å². The lowest BCUT2D eigenvalue weighted by Gasteiger charge is -2.32. The Hall–Kier alpha value is -0.690. The third kappa shape index (κ3) is 3.14. The van der Waals surface area contributed by atoms with Gasteiger partial charge in [-0.15, -0.1) is 0 Å². The number of ether oxygens (including phenoxy) is 4. The van der Waals surface area contributed by atoms with Crippen molar-refractivity contribution in [1.29, 1.82) is 0 Å². The first-order valence-electron chi connectivity index (χ1n) is 6.93. The van der Waals surface area contributed by atoms with Gasteiger partial charge in [0.25, 0.3) is 5.91 Å². The lowest BCUT2D eigenvalue weighted by Crippen LogP contribution is -2.51. The molecule has 0 N–H and O–H groups in total. The van der Waals surface area contributed by atoms with Gasteiger partial charge in [-0.1, -0.05) is 0 Å². The zero-order valence-electron chi connectivity index (χ0n) is 13.2. The van der Waals surface area contributed by atoms with Gasteiger partial charge in [0, 0.05) is 20.5 Å². The molecular weight excluding hydrogens is 262 g/mol. The standard InChI is InChI=1S/C14H25NO5/c1-12(2)17-8-10(19-12)7-14(11(16)15(5)6)9-18-13(3,4)20-14/h10H,7-9H2,1-6H3/t10-,14-/m0/s1. The molecule has 20 heavy (non-hydrogen) atoms. The van der Waals surface area contributed by atoms with Gasteiger partial charge < -0.3 is 23.8 Å². The summed E-state index contributed by atoms with van der Waals surface area (Å²) in [6.07, 6.45) is 0.253. The van der Waals surface area contributed by atoms with E-state index < -0.39 is 17.2 Å². The highest BCUT2D eigenvalue weighted by Gasteiger charge is 2.54. The first-order chi connectivity index (χ1) is 9.05. The number of carbonyl (C=O) groups is 1. The quantitative estimate of drug-likeness (QED) is 0.779. The first-order valence-corrected chi connectivity index (χ1v) is 6.93. The molecule has 0 aromatic heterocycles. The van der Waals surface area contributed by atoms with Crippen molar-refractivity contribution >= 4 is 5.91 Å². The SMILES string of the molecule is CN(C)C(=O)[C@]1(C[C@H]2COC(C)(C)O2)COC(C)(C)O1. The van der Waals surface area contributed by atoms with E-state index in [9.17, 15) is 4.79 Å². The molecule has 0 unspecified atom stereocenters. The smallest absolute Gasteiger partial charge is 0.256 e. The minimum absolute atomic E-state index is 0.101. The molecule has 0 bridgehead atoms. The van der Waals surface area contributed by atoms with Crippen molar-refractivity contribution in [3.63, 3.8) is 0 Å². The Kier molecular flexibility index (Phi) is 3.88. The van der Waals surface area contributed by atoms with E-state index in [1.54, 1.807) is 14.1 Å². The van der Waals surface area contributed by atoms with E-state index in [1.807, 2.05) is 27.7 Å². The molecule has 6 heteroatoms. The fraction of sp³-hybridized carbons (Fsp3) is 0.929. The Morgan fingerprint density at radius 2 is 1.80 bits per heavy atom. The monoisotopic (exact) mass is 287 g/mol. The number of hydrogen-bond acceptors (Lipinski definition) is 5. The molecule has 2 aliphatic rings. The van der Waals surface area contributed by atoms with Crippen LogP contribution in [0.25, 0.3) is 0 Å². The molecule has 0 radical (unpaired) electrons. The van der Waals surface area contributed by atoms with Gasteiger partial charge in [-0.3, -0.25) is 4.79 Å².